The fourth-order valence-corrected chi connectivity index (χ4v) is 4.37. The molecule has 28 heavy (non-hydrogen) atoms. The maximum atomic E-state index is 12.7. The monoisotopic (exact) mass is 379 g/mol. The highest BCUT2D eigenvalue weighted by Gasteiger charge is 2.28. The molecule has 1 amide bonds. The molecule has 1 aromatic carbocycles. The van der Waals surface area contributed by atoms with Gasteiger partial charge >= 0.3 is 0 Å². The zero-order valence-corrected chi connectivity index (χ0v) is 15.9. The largest absolute Gasteiger partial charge is 0.343 e. The van der Waals surface area contributed by atoms with Crippen LogP contribution in [0.25, 0.3) is 11.0 Å². The number of nitrogens with zero attached hydrogens (tertiary/aromatic N) is 6. The van der Waals surface area contributed by atoms with Crippen molar-refractivity contribution in [2.24, 2.45) is 0 Å². The van der Waals surface area contributed by atoms with Gasteiger partial charge in [0.05, 0.1) is 23.9 Å². The summed E-state index contributed by atoms with van der Waals surface area (Å²) in [5.74, 6) is 2.77. The molecule has 0 saturated carbocycles. The third-order valence-electron chi connectivity index (χ3n) is 5.96. The van der Waals surface area contributed by atoms with Crippen molar-refractivity contribution in [1.82, 2.24) is 34.5 Å². The Bertz CT molecular complexity index is 984. The molecule has 1 N–H and O–H groups in total. The van der Waals surface area contributed by atoms with Gasteiger partial charge in [0.2, 0.25) is 5.91 Å². The molecule has 146 valence electrons. The number of carbonyl (C=O) groups excluding carboxylic acids is 1. The number of imidazole rings is 1. The number of para-hydroxylation sites is 2. The van der Waals surface area contributed by atoms with Gasteiger partial charge in [0.25, 0.3) is 0 Å². The van der Waals surface area contributed by atoms with Gasteiger partial charge in [0.1, 0.15) is 11.6 Å². The Kier molecular flexibility index (Phi) is 4.56. The number of amides is 1. The lowest BCUT2D eigenvalue weighted by molar-refractivity contribution is -0.132. The molecule has 0 unspecified atom stereocenters. The van der Waals surface area contributed by atoms with E-state index in [-0.39, 0.29) is 5.91 Å². The highest BCUT2D eigenvalue weighted by molar-refractivity contribution is 5.77. The second-order valence-electron chi connectivity index (χ2n) is 7.63. The summed E-state index contributed by atoms with van der Waals surface area (Å²) >= 11 is 0. The Hall–Kier alpha value is -2.74. The minimum Gasteiger partial charge on any atom is -0.343 e. The van der Waals surface area contributed by atoms with Crippen LogP contribution >= 0.6 is 0 Å². The SMILES string of the molecule is O=C(CCn1cnc2ccccc21)N1CCC(c2nnc3n2CCNC3)CC1. The van der Waals surface area contributed by atoms with Crippen molar-refractivity contribution in [3.05, 3.63) is 42.2 Å². The van der Waals surface area contributed by atoms with Crippen LogP contribution in [0.15, 0.2) is 30.6 Å². The third kappa shape index (κ3) is 3.17. The van der Waals surface area contributed by atoms with Gasteiger partial charge < -0.3 is 19.4 Å². The normalized spacial score (nSPS) is 17.8. The van der Waals surface area contributed by atoms with Crippen molar-refractivity contribution in [2.45, 2.75) is 44.8 Å². The number of aromatic nitrogens is 5. The number of piperidine rings is 1. The zero-order valence-electron chi connectivity index (χ0n) is 15.9. The van der Waals surface area contributed by atoms with Crippen LogP contribution in [0.1, 0.15) is 36.8 Å². The molecule has 1 fully saturated rings. The average Bonchev–Trinajstić information content (AvgIpc) is 3.36. The molecule has 2 aliphatic rings. The molecule has 1 saturated heterocycles. The Morgan fingerprint density at radius 2 is 2.00 bits per heavy atom. The minimum absolute atomic E-state index is 0.226. The predicted molar refractivity (Wildman–Crippen MR) is 105 cm³/mol. The van der Waals surface area contributed by atoms with Crippen molar-refractivity contribution in [3.8, 4) is 0 Å². The predicted octanol–water partition coefficient (Wildman–Crippen LogP) is 1.53. The fraction of sp³-hybridized carbons (Fsp3) is 0.500. The highest BCUT2D eigenvalue weighted by atomic mass is 16.2. The van der Waals surface area contributed by atoms with Gasteiger partial charge in [-0.3, -0.25) is 4.79 Å². The van der Waals surface area contributed by atoms with E-state index in [1.165, 1.54) is 0 Å². The number of carbonyl (C=O) groups is 1. The Labute approximate surface area is 163 Å². The number of likely N-dealkylation sites (tertiary alicyclic amines) is 1. The fourth-order valence-electron chi connectivity index (χ4n) is 4.37. The number of fused-ring (bicyclic) bond motifs is 2. The van der Waals surface area contributed by atoms with Gasteiger partial charge in [-0.2, -0.15) is 0 Å². The second-order valence-corrected chi connectivity index (χ2v) is 7.63. The molecule has 4 heterocycles. The first-order valence-electron chi connectivity index (χ1n) is 10.1. The summed E-state index contributed by atoms with van der Waals surface area (Å²) in [5, 5.41) is 12.1. The van der Waals surface area contributed by atoms with Crippen molar-refractivity contribution in [1.29, 1.82) is 0 Å². The van der Waals surface area contributed by atoms with Crippen LogP contribution in [0.2, 0.25) is 0 Å². The molecule has 8 nitrogen and oxygen atoms in total. The van der Waals surface area contributed by atoms with E-state index in [4.69, 9.17) is 0 Å². The van der Waals surface area contributed by atoms with E-state index in [9.17, 15) is 4.79 Å². The maximum Gasteiger partial charge on any atom is 0.224 e. The van der Waals surface area contributed by atoms with E-state index in [0.717, 1.165) is 68.2 Å². The van der Waals surface area contributed by atoms with E-state index < -0.39 is 0 Å². The summed E-state index contributed by atoms with van der Waals surface area (Å²) in [5.41, 5.74) is 2.06. The van der Waals surface area contributed by atoms with Crippen LogP contribution in [0.5, 0.6) is 0 Å². The number of aryl methyl sites for hydroxylation is 1. The van der Waals surface area contributed by atoms with E-state index in [2.05, 4.69) is 29.6 Å². The summed E-state index contributed by atoms with van der Waals surface area (Å²) in [6, 6.07) is 8.04. The number of nitrogens with one attached hydrogen (secondary N) is 1. The summed E-state index contributed by atoms with van der Waals surface area (Å²) in [7, 11) is 0. The van der Waals surface area contributed by atoms with Crippen molar-refractivity contribution in [3.63, 3.8) is 0 Å². The van der Waals surface area contributed by atoms with Crippen LogP contribution in [0.4, 0.5) is 0 Å². The third-order valence-corrected chi connectivity index (χ3v) is 5.96. The van der Waals surface area contributed by atoms with Crippen LogP contribution in [-0.4, -0.2) is 54.8 Å². The molecule has 0 aliphatic carbocycles. The number of rotatable bonds is 4. The summed E-state index contributed by atoms with van der Waals surface area (Å²) < 4.78 is 4.33. The molecule has 2 aliphatic heterocycles. The summed E-state index contributed by atoms with van der Waals surface area (Å²) in [4.78, 5) is 19.1. The molecular formula is C20H25N7O. The van der Waals surface area contributed by atoms with E-state index in [1.54, 1.807) is 0 Å². The molecule has 0 atom stereocenters. The van der Waals surface area contributed by atoms with Gasteiger partial charge in [-0.05, 0) is 25.0 Å². The van der Waals surface area contributed by atoms with Gasteiger partial charge in [-0.15, -0.1) is 10.2 Å². The van der Waals surface area contributed by atoms with Gasteiger partial charge in [0, 0.05) is 45.1 Å². The molecule has 0 bridgehead atoms. The van der Waals surface area contributed by atoms with Crippen molar-refractivity contribution in [2.75, 3.05) is 19.6 Å². The minimum atomic E-state index is 0.226. The lowest BCUT2D eigenvalue weighted by atomic mass is 9.95. The number of benzene rings is 1. The van der Waals surface area contributed by atoms with Crippen molar-refractivity contribution >= 4 is 16.9 Å². The van der Waals surface area contributed by atoms with Crippen LogP contribution < -0.4 is 5.32 Å². The Balaban J connectivity index is 1.18. The Morgan fingerprint density at radius 1 is 1.14 bits per heavy atom. The van der Waals surface area contributed by atoms with Crippen molar-refractivity contribution < 1.29 is 4.79 Å². The second kappa shape index (κ2) is 7.35. The topological polar surface area (TPSA) is 80.9 Å². The van der Waals surface area contributed by atoms with Gasteiger partial charge in [-0.1, -0.05) is 12.1 Å². The molecule has 5 rings (SSSR count). The molecule has 8 heteroatoms. The zero-order chi connectivity index (χ0) is 18.9. The van der Waals surface area contributed by atoms with Gasteiger partial charge in [-0.25, -0.2) is 4.98 Å². The maximum absolute atomic E-state index is 12.7. The van der Waals surface area contributed by atoms with Crippen LogP contribution in [0.3, 0.4) is 0 Å². The molecular weight excluding hydrogens is 354 g/mol. The van der Waals surface area contributed by atoms with E-state index in [0.29, 0.717) is 18.9 Å². The van der Waals surface area contributed by atoms with E-state index >= 15 is 0 Å². The average molecular weight is 379 g/mol. The van der Waals surface area contributed by atoms with Crippen LogP contribution in [0, 0.1) is 0 Å². The highest BCUT2D eigenvalue weighted by Crippen LogP contribution is 2.28. The number of hydrogen-bond donors (Lipinski definition) is 1. The quantitative estimate of drug-likeness (QED) is 0.744. The number of hydrogen-bond acceptors (Lipinski definition) is 5. The lowest BCUT2D eigenvalue weighted by Gasteiger charge is -2.32. The molecule has 0 radical (unpaired) electrons. The van der Waals surface area contributed by atoms with Crippen LogP contribution in [-0.2, 0) is 24.4 Å². The lowest BCUT2D eigenvalue weighted by Crippen LogP contribution is -2.39. The first kappa shape index (κ1) is 17.4. The molecule has 3 aromatic rings. The smallest absolute Gasteiger partial charge is 0.224 e. The molecule has 0 spiro atoms. The first-order chi connectivity index (χ1) is 13.8. The summed E-state index contributed by atoms with van der Waals surface area (Å²) in [6.07, 6.45) is 4.26. The Morgan fingerprint density at radius 3 is 2.89 bits per heavy atom. The van der Waals surface area contributed by atoms with Gasteiger partial charge in [0.15, 0.2) is 0 Å². The standard InChI is InChI=1S/C20H25N7O/c28-19(7-11-26-14-22-16-3-1-2-4-17(16)26)25-9-5-15(6-10-25)20-24-23-18-13-21-8-12-27(18)20/h1-4,14-15,21H,5-13H2. The van der Waals surface area contributed by atoms with E-state index in [1.807, 2.05) is 35.5 Å². The first-order valence-corrected chi connectivity index (χ1v) is 10.1. The molecule has 2 aromatic heterocycles. The summed E-state index contributed by atoms with van der Waals surface area (Å²) in [6.45, 7) is 4.98.